The molecule has 1 atom stereocenters. The van der Waals surface area contributed by atoms with E-state index < -0.39 is 0 Å². The third-order valence-corrected chi connectivity index (χ3v) is 3.24. The Bertz CT molecular complexity index is 396. The van der Waals surface area contributed by atoms with Crippen molar-refractivity contribution in [3.63, 3.8) is 0 Å². The molecule has 0 heterocycles. The third kappa shape index (κ3) is 5.03. The summed E-state index contributed by atoms with van der Waals surface area (Å²) in [6.07, 6.45) is 0.454. The van der Waals surface area contributed by atoms with Crippen LogP contribution in [0.25, 0.3) is 0 Å². The Balaban J connectivity index is 2.71. The second-order valence-electron chi connectivity index (χ2n) is 5.68. The van der Waals surface area contributed by atoms with Gasteiger partial charge in [-0.3, -0.25) is 4.79 Å². The SMILES string of the molecule is CC(C)NC(=O)CC(CN)c1ccc(C(C)C)cc1. The van der Waals surface area contributed by atoms with E-state index in [-0.39, 0.29) is 17.9 Å². The molecule has 0 bridgehead atoms. The molecule has 0 aliphatic heterocycles. The van der Waals surface area contributed by atoms with Gasteiger partial charge in [-0.1, -0.05) is 38.1 Å². The number of benzene rings is 1. The van der Waals surface area contributed by atoms with Gasteiger partial charge in [0.15, 0.2) is 0 Å². The third-order valence-electron chi connectivity index (χ3n) is 3.24. The fraction of sp³-hybridized carbons (Fsp3) is 0.562. The summed E-state index contributed by atoms with van der Waals surface area (Å²) < 4.78 is 0. The van der Waals surface area contributed by atoms with Crippen LogP contribution in [0.5, 0.6) is 0 Å². The highest BCUT2D eigenvalue weighted by Crippen LogP contribution is 2.22. The number of carbonyl (C=O) groups excluding carboxylic acids is 1. The van der Waals surface area contributed by atoms with E-state index in [9.17, 15) is 4.79 Å². The van der Waals surface area contributed by atoms with Crippen LogP contribution in [0.1, 0.15) is 57.1 Å². The summed E-state index contributed by atoms with van der Waals surface area (Å²) in [5, 5.41) is 2.91. The lowest BCUT2D eigenvalue weighted by atomic mass is 9.92. The number of rotatable bonds is 6. The van der Waals surface area contributed by atoms with Gasteiger partial charge in [-0.25, -0.2) is 0 Å². The summed E-state index contributed by atoms with van der Waals surface area (Å²) in [5.74, 6) is 0.688. The molecule has 1 unspecified atom stereocenters. The Morgan fingerprint density at radius 1 is 1.11 bits per heavy atom. The zero-order valence-electron chi connectivity index (χ0n) is 12.4. The fourth-order valence-corrected chi connectivity index (χ4v) is 2.10. The highest BCUT2D eigenvalue weighted by molar-refractivity contribution is 5.77. The van der Waals surface area contributed by atoms with Gasteiger partial charge < -0.3 is 11.1 Å². The van der Waals surface area contributed by atoms with Crippen LogP contribution >= 0.6 is 0 Å². The van der Waals surface area contributed by atoms with Crippen molar-refractivity contribution in [1.29, 1.82) is 0 Å². The summed E-state index contributed by atoms with van der Waals surface area (Å²) >= 11 is 0. The lowest BCUT2D eigenvalue weighted by Gasteiger charge is -2.17. The van der Waals surface area contributed by atoms with Gasteiger partial charge >= 0.3 is 0 Å². The largest absolute Gasteiger partial charge is 0.354 e. The first-order valence-electron chi connectivity index (χ1n) is 7.03. The lowest BCUT2D eigenvalue weighted by Crippen LogP contribution is -2.32. The predicted molar refractivity (Wildman–Crippen MR) is 80.2 cm³/mol. The molecule has 0 saturated carbocycles. The van der Waals surface area contributed by atoms with Crippen LogP contribution in [0.4, 0.5) is 0 Å². The molecule has 0 radical (unpaired) electrons. The van der Waals surface area contributed by atoms with E-state index in [2.05, 4.69) is 43.4 Å². The van der Waals surface area contributed by atoms with Gasteiger partial charge in [-0.2, -0.15) is 0 Å². The number of amides is 1. The van der Waals surface area contributed by atoms with Gasteiger partial charge in [-0.15, -0.1) is 0 Å². The minimum atomic E-state index is 0.0680. The molecule has 3 N–H and O–H groups in total. The minimum Gasteiger partial charge on any atom is -0.354 e. The van der Waals surface area contributed by atoms with E-state index >= 15 is 0 Å². The first-order chi connectivity index (χ1) is 8.93. The van der Waals surface area contributed by atoms with Crippen LogP contribution in [-0.4, -0.2) is 18.5 Å². The van der Waals surface area contributed by atoms with Gasteiger partial charge in [0.25, 0.3) is 0 Å². The van der Waals surface area contributed by atoms with E-state index in [0.717, 1.165) is 5.56 Å². The average molecular weight is 262 g/mol. The Labute approximate surface area is 116 Å². The Morgan fingerprint density at radius 2 is 1.63 bits per heavy atom. The molecule has 0 aliphatic carbocycles. The molecule has 1 rings (SSSR count). The maximum atomic E-state index is 11.8. The summed E-state index contributed by atoms with van der Waals surface area (Å²) in [7, 11) is 0. The molecular formula is C16H26N2O. The van der Waals surface area contributed by atoms with E-state index in [1.54, 1.807) is 0 Å². The molecule has 0 saturated heterocycles. The average Bonchev–Trinajstić information content (AvgIpc) is 2.35. The van der Waals surface area contributed by atoms with Crippen LogP contribution < -0.4 is 11.1 Å². The van der Waals surface area contributed by atoms with Crippen LogP contribution in [0.2, 0.25) is 0 Å². The van der Waals surface area contributed by atoms with E-state index in [1.165, 1.54) is 5.56 Å². The number of hydrogen-bond donors (Lipinski definition) is 2. The van der Waals surface area contributed by atoms with Gasteiger partial charge in [-0.05, 0) is 37.4 Å². The highest BCUT2D eigenvalue weighted by Gasteiger charge is 2.15. The van der Waals surface area contributed by atoms with Gasteiger partial charge in [0.05, 0.1) is 0 Å². The maximum Gasteiger partial charge on any atom is 0.220 e. The summed E-state index contributed by atoms with van der Waals surface area (Å²) in [6.45, 7) is 8.77. The normalized spacial score (nSPS) is 12.8. The fourth-order valence-electron chi connectivity index (χ4n) is 2.10. The van der Waals surface area contributed by atoms with Gasteiger partial charge in [0, 0.05) is 18.4 Å². The van der Waals surface area contributed by atoms with Crippen LogP contribution in [0.3, 0.4) is 0 Å². The molecule has 3 heteroatoms. The topological polar surface area (TPSA) is 55.1 Å². The van der Waals surface area contributed by atoms with E-state index in [4.69, 9.17) is 5.73 Å². The standard InChI is InChI=1S/C16H26N2O/c1-11(2)13-5-7-14(8-6-13)15(10-17)9-16(19)18-12(3)4/h5-8,11-12,15H,9-10,17H2,1-4H3,(H,18,19). The summed E-state index contributed by atoms with van der Waals surface area (Å²) in [4.78, 5) is 11.8. The van der Waals surface area contributed by atoms with Crippen LogP contribution in [0.15, 0.2) is 24.3 Å². The van der Waals surface area contributed by atoms with Gasteiger partial charge in [0.2, 0.25) is 5.91 Å². The second kappa shape index (κ2) is 7.29. The first kappa shape index (κ1) is 15.7. The zero-order chi connectivity index (χ0) is 14.4. The molecular weight excluding hydrogens is 236 g/mol. The number of carbonyl (C=O) groups is 1. The second-order valence-corrected chi connectivity index (χ2v) is 5.68. The summed E-state index contributed by atoms with van der Waals surface area (Å²) in [6, 6.07) is 8.62. The molecule has 19 heavy (non-hydrogen) atoms. The molecule has 0 spiro atoms. The van der Waals surface area contributed by atoms with Crippen molar-refractivity contribution in [3.05, 3.63) is 35.4 Å². The molecule has 1 aromatic rings. The maximum absolute atomic E-state index is 11.8. The van der Waals surface area contributed by atoms with E-state index in [1.807, 2.05) is 13.8 Å². The molecule has 0 fully saturated rings. The molecule has 0 aliphatic rings. The molecule has 1 aromatic carbocycles. The highest BCUT2D eigenvalue weighted by atomic mass is 16.1. The van der Waals surface area contributed by atoms with E-state index in [0.29, 0.717) is 18.9 Å². The quantitative estimate of drug-likeness (QED) is 0.828. The van der Waals surface area contributed by atoms with Crippen molar-refractivity contribution in [1.82, 2.24) is 5.32 Å². The van der Waals surface area contributed by atoms with Crippen molar-refractivity contribution in [2.24, 2.45) is 5.73 Å². The number of nitrogens with two attached hydrogens (primary N) is 1. The lowest BCUT2D eigenvalue weighted by molar-refractivity contribution is -0.121. The van der Waals surface area contributed by atoms with Crippen molar-refractivity contribution in [3.8, 4) is 0 Å². The first-order valence-corrected chi connectivity index (χ1v) is 7.03. The predicted octanol–water partition coefficient (Wildman–Crippen LogP) is 2.77. The van der Waals surface area contributed by atoms with Crippen LogP contribution in [0, 0.1) is 0 Å². The molecule has 106 valence electrons. The number of nitrogens with one attached hydrogen (secondary N) is 1. The van der Waals surface area contributed by atoms with Crippen molar-refractivity contribution in [2.45, 2.75) is 52.0 Å². The van der Waals surface area contributed by atoms with Crippen molar-refractivity contribution >= 4 is 5.91 Å². The molecule has 3 nitrogen and oxygen atoms in total. The zero-order valence-corrected chi connectivity index (χ0v) is 12.4. The monoisotopic (exact) mass is 262 g/mol. The van der Waals surface area contributed by atoms with Crippen molar-refractivity contribution < 1.29 is 4.79 Å². The summed E-state index contributed by atoms with van der Waals surface area (Å²) in [5.41, 5.74) is 8.26. The molecule has 1 amide bonds. The Kier molecular flexibility index (Phi) is 6.03. The van der Waals surface area contributed by atoms with Crippen LogP contribution in [-0.2, 0) is 4.79 Å². The Morgan fingerprint density at radius 3 is 2.05 bits per heavy atom. The molecule has 0 aromatic heterocycles. The minimum absolute atomic E-state index is 0.0680. The Hall–Kier alpha value is -1.35. The number of hydrogen-bond acceptors (Lipinski definition) is 2. The smallest absolute Gasteiger partial charge is 0.220 e. The van der Waals surface area contributed by atoms with Gasteiger partial charge in [0.1, 0.15) is 0 Å². The van der Waals surface area contributed by atoms with Crippen molar-refractivity contribution in [2.75, 3.05) is 6.54 Å².